The molecule has 2 amide bonds. The van der Waals surface area contributed by atoms with Crippen LogP contribution in [0.1, 0.15) is 36.0 Å². The van der Waals surface area contributed by atoms with Gasteiger partial charge in [0, 0.05) is 43.7 Å². The number of nitrogens with zero attached hydrogens (tertiary/aromatic N) is 3. The van der Waals surface area contributed by atoms with E-state index in [0.717, 1.165) is 65.0 Å². The van der Waals surface area contributed by atoms with E-state index in [1.165, 1.54) is 12.1 Å². The van der Waals surface area contributed by atoms with Gasteiger partial charge in [0.1, 0.15) is 5.82 Å². The molecule has 6 nitrogen and oxygen atoms in total. The van der Waals surface area contributed by atoms with Crippen LogP contribution in [0.4, 0.5) is 4.39 Å². The second-order valence-electron chi connectivity index (χ2n) is 8.28. The number of benzene rings is 1. The number of morpholine rings is 1. The summed E-state index contributed by atoms with van der Waals surface area (Å²) in [6.45, 7) is 6.12. The van der Waals surface area contributed by atoms with E-state index < -0.39 is 0 Å². The lowest BCUT2D eigenvalue weighted by Gasteiger charge is -2.42. The SMILES string of the molecule is O=C(c1ccc(F)cc1)N1CCC(N2CCC(C(=O)N3CCOCC3)CC2)CC1. The molecule has 0 spiro atoms. The average Bonchev–Trinajstić information content (AvgIpc) is 2.79. The summed E-state index contributed by atoms with van der Waals surface area (Å²) in [6, 6.07) is 6.26. The zero-order valence-electron chi connectivity index (χ0n) is 16.9. The average molecular weight is 403 g/mol. The maximum Gasteiger partial charge on any atom is 0.253 e. The molecule has 3 fully saturated rings. The van der Waals surface area contributed by atoms with E-state index in [1.807, 2.05) is 9.80 Å². The molecule has 158 valence electrons. The predicted octanol–water partition coefficient (Wildman–Crippen LogP) is 2.00. The molecular weight excluding hydrogens is 373 g/mol. The van der Waals surface area contributed by atoms with Crippen LogP contribution in [0.3, 0.4) is 0 Å². The van der Waals surface area contributed by atoms with Gasteiger partial charge in [-0.3, -0.25) is 9.59 Å². The molecule has 0 radical (unpaired) electrons. The van der Waals surface area contributed by atoms with Gasteiger partial charge in [-0.2, -0.15) is 0 Å². The van der Waals surface area contributed by atoms with Crippen LogP contribution in [0.15, 0.2) is 24.3 Å². The smallest absolute Gasteiger partial charge is 0.253 e. The van der Waals surface area contributed by atoms with Crippen molar-refractivity contribution in [1.29, 1.82) is 0 Å². The standard InChI is InChI=1S/C22H30FN3O3/c23-19-3-1-17(2-4-19)21(27)25-11-7-20(8-12-25)24-9-5-18(6-10-24)22(28)26-13-15-29-16-14-26/h1-4,18,20H,5-16H2. The highest BCUT2D eigenvalue weighted by molar-refractivity contribution is 5.94. The number of carbonyl (C=O) groups excluding carboxylic acids is 2. The van der Waals surface area contributed by atoms with E-state index in [4.69, 9.17) is 4.74 Å². The lowest BCUT2D eigenvalue weighted by Crippen LogP contribution is -2.51. The molecule has 0 atom stereocenters. The molecule has 29 heavy (non-hydrogen) atoms. The van der Waals surface area contributed by atoms with Gasteiger partial charge in [-0.05, 0) is 63.0 Å². The molecule has 3 aliphatic heterocycles. The third-order valence-electron chi connectivity index (χ3n) is 6.56. The van der Waals surface area contributed by atoms with Crippen LogP contribution >= 0.6 is 0 Å². The number of ether oxygens (including phenoxy) is 1. The summed E-state index contributed by atoms with van der Waals surface area (Å²) in [4.78, 5) is 31.6. The lowest BCUT2D eigenvalue weighted by molar-refractivity contribution is -0.141. The van der Waals surface area contributed by atoms with Crippen molar-refractivity contribution < 1.29 is 18.7 Å². The van der Waals surface area contributed by atoms with E-state index in [-0.39, 0.29) is 17.6 Å². The van der Waals surface area contributed by atoms with Gasteiger partial charge in [-0.25, -0.2) is 4.39 Å². The number of piperidine rings is 2. The Morgan fingerprint density at radius 2 is 1.45 bits per heavy atom. The second-order valence-corrected chi connectivity index (χ2v) is 8.28. The molecule has 0 saturated carbocycles. The fraction of sp³-hybridized carbons (Fsp3) is 0.636. The number of carbonyl (C=O) groups is 2. The molecular formula is C22H30FN3O3. The number of likely N-dealkylation sites (tertiary alicyclic amines) is 2. The van der Waals surface area contributed by atoms with Gasteiger partial charge in [0.05, 0.1) is 13.2 Å². The maximum atomic E-state index is 13.1. The van der Waals surface area contributed by atoms with Crippen molar-refractivity contribution in [3.63, 3.8) is 0 Å². The molecule has 0 aliphatic carbocycles. The van der Waals surface area contributed by atoms with Gasteiger partial charge in [0.15, 0.2) is 0 Å². The molecule has 0 aromatic heterocycles. The topological polar surface area (TPSA) is 53.1 Å². The van der Waals surface area contributed by atoms with Crippen molar-refractivity contribution in [2.24, 2.45) is 5.92 Å². The first-order valence-electron chi connectivity index (χ1n) is 10.8. The first kappa shape index (κ1) is 20.3. The summed E-state index contributed by atoms with van der Waals surface area (Å²) in [5.74, 6) is 0.103. The molecule has 1 aromatic rings. The van der Waals surface area contributed by atoms with Crippen molar-refractivity contribution in [1.82, 2.24) is 14.7 Å². The quantitative estimate of drug-likeness (QED) is 0.775. The van der Waals surface area contributed by atoms with Crippen LogP contribution in [0, 0.1) is 11.7 Å². The van der Waals surface area contributed by atoms with Crippen LogP contribution in [-0.2, 0) is 9.53 Å². The monoisotopic (exact) mass is 403 g/mol. The van der Waals surface area contributed by atoms with Crippen molar-refractivity contribution in [3.8, 4) is 0 Å². The number of hydrogen-bond donors (Lipinski definition) is 0. The summed E-state index contributed by atoms with van der Waals surface area (Å²) in [6.07, 6.45) is 3.75. The van der Waals surface area contributed by atoms with Crippen molar-refractivity contribution >= 4 is 11.8 Å². The Bertz CT molecular complexity index is 705. The minimum atomic E-state index is -0.323. The van der Waals surface area contributed by atoms with Gasteiger partial charge in [0.25, 0.3) is 5.91 Å². The van der Waals surface area contributed by atoms with Gasteiger partial charge >= 0.3 is 0 Å². The fourth-order valence-corrected chi connectivity index (χ4v) is 4.76. The van der Waals surface area contributed by atoms with Crippen LogP contribution in [-0.4, -0.2) is 85.0 Å². The number of hydrogen-bond acceptors (Lipinski definition) is 4. The van der Waals surface area contributed by atoms with Crippen LogP contribution in [0.2, 0.25) is 0 Å². The largest absolute Gasteiger partial charge is 0.378 e. The molecule has 3 saturated heterocycles. The Kier molecular flexibility index (Phi) is 6.45. The maximum absolute atomic E-state index is 13.1. The number of amides is 2. The van der Waals surface area contributed by atoms with Crippen molar-refractivity contribution in [3.05, 3.63) is 35.6 Å². The summed E-state index contributed by atoms with van der Waals surface area (Å²) in [7, 11) is 0. The molecule has 1 aromatic carbocycles. The van der Waals surface area contributed by atoms with Crippen molar-refractivity contribution in [2.45, 2.75) is 31.7 Å². The Morgan fingerprint density at radius 3 is 2.07 bits per heavy atom. The minimum Gasteiger partial charge on any atom is -0.378 e. The Hall–Kier alpha value is -1.99. The summed E-state index contributed by atoms with van der Waals surface area (Å²) < 4.78 is 18.4. The lowest BCUT2D eigenvalue weighted by atomic mass is 9.92. The Morgan fingerprint density at radius 1 is 0.828 bits per heavy atom. The van der Waals surface area contributed by atoms with E-state index in [2.05, 4.69) is 4.90 Å². The summed E-state index contributed by atoms with van der Waals surface area (Å²) >= 11 is 0. The minimum absolute atomic E-state index is 0.0155. The molecule has 0 bridgehead atoms. The normalized spacial score (nSPS) is 22.7. The van der Waals surface area contributed by atoms with Crippen LogP contribution in [0.25, 0.3) is 0 Å². The van der Waals surface area contributed by atoms with Crippen LogP contribution < -0.4 is 0 Å². The summed E-state index contributed by atoms with van der Waals surface area (Å²) in [5.41, 5.74) is 0.548. The Balaban J connectivity index is 1.23. The molecule has 0 unspecified atom stereocenters. The first-order chi connectivity index (χ1) is 14.1. The predicted molar refractivity (Wildman–Crippen MR) is 107 cm³/mol. The van der Waals surface area contributed by atoms with Gasteiger partial charge in [-0.15, -0.1) is 0 Å². The van der Waals surface area contributed by atoms with Gasteiger partial charge in [-0.1, -0.05) is 0 Å². The highest BCUT2D eigenvalue weighted by Gasteiger charge is 2.33. The highest BCUT2D eigenvalue weighted by atomic mass is 19.1. The highest BCUT2D eigenvalue weighted by Crippen LogP contribution is 2.26. The molecule has 7 heteroatoms. The zero-order chi connectivity index (χ0) is 20.2. The molecule has 4 rings (SSSR count). The van der Waals surface area contributed by atoms with E-state index in [0.29, 0.717) is 30.7 Å². The Labute approximate surface area is 171 Å². The van der Waals surface area contributed by atoms with E-state index in [9.17, 15) is 14.0 Å². The molecule has 3 heterocycles. The van der Waals surface area contributed by atoms with E-state index in [1.54, 1.807) is 12.1 Å². The van der Waals surface area contributed by atoms with Gasteiger partial charge < -0.3 is 19.4 Å². The van der Waals surface area contributed by atoms with Crippen molar-refractivity contribution in [2.75, 3.05) is 52.5 Å². The third-order valence-corrected chi connectivity index (χ3v) is 6.56. The van der Waals surface area contributed by atoms with Gasteiger partial charge in [0.2, 0.25) is 5.91 Å². The second kappa shape index (κ2) is 9.22. The first-order valence-corrected chi connectivity index (χ1v) is 10.8. The number of rotatable bonds is 3. The zero-order valence-corrected chi connectivity index (χ0v) is 16.9. The third kappa shape index (κ3) is 4.78. The van der Waals surface area contributed by atoms with Crippen LogP contribution in [0.5, 0.6) is 0 Å². The molecule has 3 aliphatic rings. The number of halogens is 1. The fourth-order valence-electron chi connectivity index (χ4n) is 4.76. The summed E-state index contributed by atoms with van der Waals surface area (Å²) in [5, 5.41) is 0. The molecule has 0 N–H and O–H groups in total. The van der Waals surface area contributed by atoms with E-state index >= 15 is 0 Å².